The third kappa shape index (κ3) is 3.39. The van der Waals surface area contributed by atoms with E-state index in [9.17, 15) is 24.1 Å². The zero-order valence-corrected chi connectivity index (χ0v) is 13.7. The number of carbonyl (C=O) groups excluding carboxylic acids is 2. The number of hydrogen-bond donors (Lipinski definition) is 0. The van der Waals surface area contributed by atoms with Crippen LogP contribution in [-0.2, 0) is 0 Å². The summed E-state index contributed by atoms with van der Waals surface area (Å²) in [5.41, 5.74) is 0.462. The first kappa shape index (κ1) is 17.5. The van der Waals surface area contributed by atoms with E-state index < -0.39 is 10.7 Å². The van der Waals surface area contributed by atoms with E-state index in [0.717, 1.165) is 12.1 Å². The molecule has 0 saturated heterocycles. The molecule has 134 valence electrons. The lowest BCUT2D eigenvalue weighted by atomic mass is 10.1. The minimum atomic E-state index is -0.806. The second-order valence-electron chi connectivity index (χ2n) is 5.73. The molecule has 1 aliphatic rings. The van der Waals surface area contributed by atoms with E-state index in [4.69, 9.17) is 4.74 Å². The van der Waals surface area contributed by atoms with Crippen LogP contribution in [0.25, 0.3) is 0 Å². The van der Waals surface area contributed by atoms with E-state index in [1.54, 1.807) is 24.3 Å². The Morgan fingerprint density at radius 3 is 2.27 bits per heavy atom. The van der Waals surface area contributed by atoms with E-state index in [1.165, 1.54) is 11.0 Å². The van der Waals surface area contributed by atoms with Gasteiger partial charge in [-0.05, 0) is 31.0 Å². The molecule has 3 rings (SSSR count). The standard InChI is InChI=1S/C18H15FN2O5/c19-15-11-12(21(24)25)7-8-16(15)26-10-4-3-9-20-17(22)13-5-1-2-6-14(13)18(20)23/h1-2,5-8,11H,3-4,9-10H2. The summed E-state index contributed by atoms with van der Waals surface area (Å²) >= 11 is 0. The number of rotatable bonds is 7. The molecule has 0 spiro atoms. The lowest BCUT2D eigenvalue weighted by Gasteiger charge is -2.13. The Bertz CT molecular complexity index is 849. The van der Waals surface area contributed by atoms with Gasteiger partial charge in [-0.2, -0.15) is 0 Å². The number of hydrogen-bond acceptors (Lipinski definition) is 5. The minimum absolute atomic E-state index is 0.0728. The van der Waals surface area contributed by atoms with E-state index in [0.29, 0.717) is 24.0 Å². The van der Waals surface area contributed by atoms with Crippen molar-refractivity contribution >= 4 is 17.5 Å². The number of nitro benzene ring substituents is 1. The lowest BCUT2D eigenvalue weighted by Crippen LogP contribution is -2.30. The molecule has 2 aromatic rings. The van der Waals surface area contributed by atoms with Gasteiger partial charge < -0.3 is 4.74 Å². The van der Waals surface area contributed by atoms with Gasteiger partial charge in [0.05, 0.1) is 28.7 Å². The van der Waals surface area contributed by atoms with E-state index in [1.807, 2.05) is 0 Å². The molecule has 8 heteroatoms. The summed E-state index contributed by atoms with van der Waals surface area (Å²) in [6.07, 6.45) is 0.990. The Labute approximate surface area is 148 Å². The summed E-state index contributed by atoms with van der Waals surface area (Å²) in [6.45, 7) is 0.413. The number of fused-ring (bicyclic) bond motifs is 1. The topological polar surface area (TPSA) is 89.8 Å². The zero-order chi connectivity index (χ0) is 18.7. The van der Waals surface area contributed by atoms with Crippen LogP contribution in [0.3, 0.4) is 0 Å². The van der Waals surface area contributed by atoms with Crippen molar-refractivity contribution in [3.63, 3.8) is 0 Å². The number of carbonyl (C=O) groups is 2. The molecule has 7 nitrogen and oxygen atoms in total. The first-order chi connectivity index (χ1) is 12.5. The minimum Gasteiger partial charge on any atom is -0.491 e. The van der Waals surface area contributed by atoms with Gasteiger partial charge in [-0.15, -0.1) is 0 Å². The predicted molar refractivity (Wildman–Crippen MR) is 89.6 cm³/mol. The van der Waals surface area contributed by atoms with Crippen LogP contribution >= 0.6 is 0 Å². The maximum absolute atomic E-state index is 13.7. The Kier molecular flexibility index (Phi) is 4.92. The number of ether oxygens (including phenoxy) is 1. The Morgan fingerprint density at radius 2 is 1.69 bits per heavy atom. The summed E-state index contributed by atoms with van der Waals surface area (Å²) in [7, 11) is 0. The third-order valence-electron chi connectivity index (χ3n) is 4.04. The number of unbranched alkanes of at least 4 members (excludes halogenated alkanes) is 1. The fraction of sp³-hybridized carbons (Fsp3) is 0.222. The van der Waals surface area contributed by atoms with Crippen LogP contribution in [0.15, 0.2) is 42.5 Å². The molecule has 0 saturated carbocycles. The van der Waals surface area contributed by atoms with Gasteiger partial charge in [-0.1, -0.05) is 12.1 Å². The average Bonchev–Trinajstić information content (AvgIpc) is 2.87. The Morgan fingerprint density at radius 1 is 1.04 bits per heavy atom. The smallest absolute Gasteiger partial charge is 0.272 e. The maximum atomic E-state index is 13.7. The quantitative estimate of drug-likeness (QED) is 0.328. The van der Waals surface area contributed by atoms with Crippen LogP contribution in [0.5, 0.6) is 5.75 Å². The molecule has 0 radical (unpaired) electrons. The largest absolute Gasteiger partial charge is 0.491 e. The van der Waals surface area contributed by atoms with E-state index >= 15 is 0 Å². The van der Waals surface area contributed by atoms with Gasteiger partial charge in [0.25, 0.3) is 17.5 Å². The van der Waals surface area contributed by atoms with Crippen molar-refractivity contribution in [1.29, 1.82) is 0 Å². The Balaban J connectivity index is 1.48. The molecule has 2 amide bonds. The molecule has 0 atom stereocenters. The van der Waals surface area contributed by atoms with Crippen LogP contribution in [0, 0.1) is 15.9 Å². The third-order valence-corrected chi connectivity index (χ3v) is 4.04. The number of nitro groups is 1. The second-order valence-corrected chi connectivity index (χ2v) is 5.73. The van der Waals surface area contributed by atoms with Gasteiger partial charge in [0, 0.05) is 12.6 Å². The number of nitrogens with zero attached hydrogens (tertiary/aromatic N) is 2. The first-order valence-electron chi connectivity index (χ1n) is 8.01. The van der Waals surface area contributed by atoms with Gasteiger partial charge in [0.1, 0.15) is 0 Å². The van der Waals surface area contributed by atoms with Gasteiger partial charge >= 0.3 is 0 Å². The highest BCUT2D eigenvalue weighted by atomic mass is 19.1. The number of non-ortho nitro benzene ring substituents is 1. The van der Waals surface area contributed by atoms with Crippen molar-refractivity contribution in [3.05, 3.63) is 69.5 Å². The van der Waals surface area contributed by atoms with E-state index in [-0.39, 0.29) is 36.4 Å². The van der Waals surface area contributed by atoms with Crippen LogP contribution in [0.4, 0.5) is 10.1 Å². The van der Waals surface area contributed by atoms with Crippen molar-refractivity contribution in [2.75, 3.05) is 13.2 Å². The molecule has 26 heavy (non-hydrogen) atoms. The van der Waals surface area contributed by atoms with Crippen LogP contribution in [0.2, 0.25) is 0 Å². The summed E-state index contributed by atoms with van der Waals surface area (Å²) in [4.78, 5) is 35.5. The van der Waals surface area contributed by atoms with Crippen molar-refractivity contribution < 1.29 is 23.6 Å². The van der Waals surface area contributed by atoms with Gasteiger partial charge in [-0.3, -0.25) is 24.6 Å². The fourth-order valence-corrected chi connectivity index (χ4v) is 2.72. The predicted octanol–water partition coefficient (Wildman–Crippen LogP) is 3.19. The van der Waals surface area contributed by atoms with Crippen LogP contribution in [0.1, 0.15) is 33.6 Å². The fourth-order valence-electron chi connectivity index (χ4n) is 2.72. The molecule has 0 N–H and O–H groups in total. The number of imide groups is 1. The first-order valence-corrected chi connectivity index (χ1v) is 8.01. The van der Waals surface area contributed by atoms with E-state index in [2.05, 4.69) is 0 Å². The molecule has 0 aliphatic carbocycles. The van der Waals surface area contributed by atoms with Crippen molar-refractivity contribution in [2.24, 2.45) is 0 Å². The highest BCUT2D eigenvalue weighted by Gasteiger charge is 2.34. The number of halogens is 1. The summed E-state index contributed by atoms with van der Waals surface area (Å²) in [5.74, 6) is -1.50. The molecular weight excluding hydrogens is 343 g/mol. The summed E-state index contributed by atoms with van der Waals surface area (Å²) in [5, 5.41) is 10.6. The van der Waals surface area contributed by atoms with Crippen LogP contribution < -0.4 is 4.74 Å². The number of benzene rings is 2. The molecule has 1 heterocycles. The SMILES string of the molecule is O=C1c2ccccc2C(=O)N1CCCCOc1ccc([N+](=O)[O-])cc1F. The zero-order valence-electron chi connectivity index (χ0n) is 13.7. The number of amides is 2. The summed E-state index contributed by atoms with van der Waals surface area (Å²) < 4.78 is 19.0. The van der Waals surface area contributed by atoms with Crippen molar-refractivity contribution in [2.45, 2.75) is 12.8 Å². The molecule has 1 aliphatic heterocycles. The van der Waals surface area contributed by atoms with Crippen molar-refractivity contribution in [3.8, 4) is 5.75 Å². The second kappa shape index (κ2) is 7.30. The normalized spacial score (nSPS) is 13.0. The average molecular weight is 358 g/mol. The lowest BCUT2D eigenvalue weighted by molar-refractivity contribution is -0.385. The summed E-state index contributed by atoms with van der Waals surface area (Å²) in [6, 6.07) is 9.83. The highest BCUT2D eigenvalue weighted by molar-refractivity contribution is 6.21. The monoisotopic (exact) mass is 358 g/mol. The molecule has 0 fully saturated rings. The maximum Gasteiger partial charge on any atom is 0.272 e. The van der Waals surface area contributed by atoms with Crippen molar-refractivity contribution in [1.82, 2.24) is 4.90 Å². The molecule has 0 bridgehead atoms. The molecule has 0 aromatic heterocycles. The highest BCUT2D eigenvalue weighted by Crippen LogP contribution is 2.24. The van der Waals surface area contributed by atoms with Crippen LogP contribution in [-0.4, -0.2) is 34.8 Å². The van der Waals surface area contributed by atoms with Gasteiger partial charge in [-0.25, -0.2) is 4.39 Å². The van der Waals surface area contributed by atoms with Gasteiger partial charge in [0.15, 0.2) is 11.6 Å². The van der Waals surface area contributed by atoms with Gasteiger partial charge in [0.2, 0.25) is 0 Å². The molecule has 2 aromatic carbocycles. The molecule has 0 unspecified atom stereocenters. The molecular formula is C18H15FN2O5. The Hall–Kier alpha value is -3.29.